The van der Waals surface area contributed by atoms with Crippen LogP contribution >= 0.6 is 0 Å². The summed E-state index contributed by atoms with van der Waals surface area (Å²) in [5.74, 6) is 1.73. The smallest absolute Gasteiger partial charge is 0.138 e. The van der Waals surface area contributed by atoms with E-state index in [-0.39, 0.29) is 0 Å². The van der Waals surface area contributed by atoms with Crippen LogP contribution in [0.25, 0.3) is 0 Å². The minimum absolute atomic E-state index is 0.534. The lowest BCUT2D eigenvalue weighted by atomic mass is 10.0. The molecule has 0 radical (unpaired) electrons. The van der Waals surface area contributed by atoms with E-state index < -0.39 is 0 Å². The Balaban J connectivity index is 2.54. The Morgan fingerprint density at radius 1 is 1.26 bits per heavy atom. The first-order valence-electron chi connectivity index (χ1n) is 7.77. The Hall–Kier alpha value is -0.900. The van der Waals surface area contributed by atoms with Crippen LogP contribution in [0.3, 0.4) is 0 Å². The third-order valence-corrected chi connectivity index (χ3v) is 3.31. The molecular weight excluding hydrogens is 236 g/mol. The van der Waals surface area contributed by atoms with E-state index in [1.165, 1.54) is 25.7 Å². The number of rotatable bonds is 10. The maximum absolute atomic E-state index is 4.43. The summed E-state index contributed by atoms with van der Waals surface area (Å²) < 4.78 is 2.06. The molecule has 1 aromatic rings. The predicted molar refractivity (Wildman–Crippen MR) is 80.2 cm³/mol. The fourth-order valence-corrected chi connectivity index (χ4v) is 2.37. The van der Waals surface area contributed by atoms with E-state index in [1.54, 1.807) is 6.33 Å². The van der Waals surface area contributed by atoms with Crippen molar-refractivity contribution in [3.63, 3.8) is 0 Å². The van der Waals surface area contributed by atoms with Gasteiger partial charge in [-0.25, -0.2) is 9.67 Å². The van der Waals surface area contributed by atoms with Crippen LogP contribution in [-0.4, -0.2) is 27.4 Å². The number of unbranched alkanes of at least 4 members (excludes halogenated alkanes) is 2. The van der Waals surface area contributed by atoms with Crippen molar-refractivity contribution in [2.45, 2.75) is 72.4 Å². The van der Waals surface area contributed by atoms with Crippen molar-refractivity contribution in [1.82, 2.24) is 20.1 Å². The van der Waals surface area contributed by atoms with Crippen molar-refractivity contribution in [3.8, 4) is 0 Å². The zero-order chi connectivity index (χ0) is 14.1. The summed E-state index contributed by atoms with van der Waals surface area (Å²) >= 11 is 0. The van der Waals surface area contributed by atoms with E-state index in [0.717, 1.165) is 25.3 Å². The van der Waals surface area contributed by atoms with E-state index in [4.69, 9.17) is 0 Å². The first-order chi connectivity index (χ1) is 9.17. The first kappa shape index (κ1) is 16.2. The van der Waals surface area contributed by atoms with Gasteiger partial charge in [0.25, 0.3) is 0 Å². The monoisotopic (exact) mass is 266 g/mol. The van der Waals surface area contributed by atoms with Crippen molar-refractivity contribution in [2.75, 3.05) is 6.54 Å². The molecule has 0 aliphatic heterocycles. The Bertz CT molecular complexity index is 333. The molecule has 1 atom stereocenters. The summed E-state index contributed by atoms with van der Waals surface area (Å²) in [7, 11) is 0. The highest BCUT2D eigenvalue weighted by Gasteiger charge is 2.13. The molecular formula is C15H30N4. The molecule has 1 aromatic heterocycles. The van der Waals surface area contributed by atoms with Crippen LogP contribution in [0.1, 0.15) is 59.2 Å². The molecule has 0 bridgehead atoms. The van der Waals surface area contributed by atoms with Crippen molar-refractivity contribution < 1.29 is 0 Å². The molecule has 0 spiro atoms. The molecule has 0 aliphatic rings. The van der Waals surface area contributed by atoms with Crippen molar-refractivity contribution >= 4 is 0 Å². The lowest BCUT2D eigenvalue weighted by molar-refractivity contribution is 0.423. The standard InChI is InChI=1S/C15H30N4/c1-5-7-8-9-14(16-6-2)10-15-17-12-18-19(15)11-13(3)4/h12-14,16H,5-11H2,1-4H3. The molecule has 0 aromatic carbocycles. The van der Waals surface area contributed by atoms with Gasteiger partial charge in [0.05, 0.1) is 0 Å². The highest BCUT2D eigenvalue weighted by molar-refractivity contribution is 4.90. The van der Waals surface area contributed by atoms with Gasteiger partial charge in [-0.05, 0) is 18.9 Å². The van der Waals surface area contributed by atoms with Crippen LogP contribution in [0, 0.1) is 5.92 Å². The maximum atomic E-state index is 4.43. The Morgan fingerprint density at radius 2 is 2.05 bits per heavy atom. The summed E-state index contributed by atoms with van der Waals surface area (Å²) in [5, 5.41) is 7.92. The van der Waals surface area contributed by atoms with Crippen LogP contribution in [0.15, 0.2) is 6.33 Å². The Labute approximate surface area is 118 Å². The molecule has 0 amide bonds. The maximum Gasteiger partial charge on any atom is 0.138 e. The second-order valence-electron chi connectivity index (χ2n) is 5.71. The van der Waals surface area contributed by atoms with Crippen LogP contribution in [0.4, 0.5) is 0 Å². The second kappa shape index (κ2) is 9.08. The van der Waals surface area contributed by atoms with Gasteiger partial charge in [0.2, 0.25) is 0 Å². The second-order valence-corrected chi connectivity index (χ2v) is 5.71. The summed E-state index contributed by atoms with van der Waals surface area (Å²) in [5.41, 5.74) is 0. The van der Waals surface area contributed by atoms with E-state index in [0.29, 0.717) is 12.0 Å². The molecule has 1 N–H and O–H groups in total. The lowest BCUT2D eigenvalue weighted by Crippen LogP contribution is -2.32. The molecule has 1 heterocycles. The quantitative estimate of drug-likeness (QED) is 0.662. The van der Waals surface area contributed by atoms with Gasteiger partial charge in [0, 0.05) is 19.0 Å². The van der Waals surface area contributed by atoms with Gasteiger partial charge in [0.15, 0.2) is 0 Å². The van der Waals surface area contributed by atoms with Crippen LogP contribution in [0.2, 0.25) is 0 Å². The minimum Gasteiger partial charge on any atom is -0.314 e. The number of nitrogens with zero attached hydrogens (tertiary/aromatic N) is 3. The average molecular weight is 266 g/mol. The van der Waals surface area contributed by atoms with E-state index in [1.807, 2.05) is 0 Å². The van der Waals surface area contributed by atoms with E-state index >= 15 is 0 Å². The molecule has 1 rings (SSSR count). The number of nitrogens with one attached hydrogen (secondary N) is 1. The zero-order valence-electron chi connectivity index (χ0n) is 13.0. The Kier molecular flexibility index (Phi) is 7.72. The summed E-state index contributed by atoms with van der Waals surface area (Å²) in [4.78, 5) is 4.43. The van der Waals surface area contributed by atoms with Crippen LogP contribution < -0.4 is 5.32 Å². The average Bonchev–Trinajstić information content (AvgIpc) is 2.76. The van der Waals surface area contributed by atoms with Crippen molar-refractivity contribution in [1.29, 1.82) is 0 Å². The number of hydrogen-bond donors (Lipinski definition) is 1. The van der Waals surface area contributed by atoms with Gasteiger partial charge >= 0.3 is 0 Å². The fourth-order valence-electron chi connectivity index (χ4n) is 2.37. The molecule has 110 valence electrons. The SMILES string of the molecule is CCCCCC(Cc1ncnn1CC(C)C)NCC. The third-order valence-electron chi connectivity index (χ3n) is 3.31. The number of hydrogen-bond acceptors (Lipinski definition) is 3. The van der Waals surface area contributed by atoms with Crippen molar-refractivity contribution in [2.24, 2.45) is 5.92 Å². The van der Waals surface area contributed by atoms with E-state index in [9.17, 15) is 0 Å². The molecule has 0 saturated heterocycles. The van der Waals surface area contributed by atoms with Crippen LogP contribution in [0.5, 0.6) is 0 Å². The van der Waals surface area contributed by atoms with Crippen molar-refractivity contribution in [3.05, 3.63) is 12.2 Å². The van der Waals surface area contributed by atoms with Gasteiger partial charge < -0.3 is 5.32 Å². The van der Waals surface area contributed by atoms with Gasteiger partial charge in [-0.3, -0.25) is 0 Å². The number of likely N-dealkylation sites (N-methyl/N-ethyl adjacent to an activating group) is 1. The summed E-state index contributed by atoms with van der Waals surface area (Å²) in [6, 6.07) is 0.534. The topological polar surface area (TPSA) is 42.7 Å². The molecule has 4 heteroatoms. The Morgan fingerprint density at radius 3 is 2.68 bits per heavy atom. The van der Waals surface area contributed by atoms with Gasteiger partial charge in [-0.1, -0.05) is 47.0 Å². The molecule has 0 fully saturated rings. The van der Waals surface area contributed by atoms with Gasteiger partial charge in [0.1, 0.15) is 12.2 Å². The molecule has 0 saturated carbocycles. The zero-order valence-corrected chi connectivity index (χ0v) is 13.0. The third kappa shape index (κ3) is 6.19. The van der Waals surface area contributed by atoms with Crippen LogP contribution in [-0.2, 0) is 13.0 Å². The molecule has 19 heavy (non-hydrogen) atoms. The van der Waals surface area contributed by atoms with Gasteiger partial charge in [-0.15, -0.1) is 0 Å². The fraction of sp³-hybridized carbons (Fsp3) is 0.867. The summed E-state index contributed by atoms with van der Waals surface area (Å²) in [6.07, 6.45) is 7.81. The predicted octanol–water partition coefficient (Wildman–Crippen LogP) is 3.04. The number of aromatic nitrogens is 3. The summed E-state index contributed by atoms with van der Waals surface area (Å²) in [6.45, 7) is 10.8. The largest absolute Gasteiger partial charge is 0.314 e. The highest BCUT2D eigenvalue weighted by Crippen LogP contribution is 2.09. The molecule has 0 aliphatic carbocycles. The van der Waals surface area contributed by atoms with Gasteiger partial charge in [-0.2, -0.15) is 5.10 Å². The normalized spacial score (nSPS) is 13.1. The lowest BCUT2D eigenvalue weighted by Gasteiger charge is -2.18. The molecule has 4 nitrogen and oxygen atoms in total. The minimum atomic E-state index is 0.534. The first-order valence-corrected chi connectivity index (χ1v) is 7.77. The molecule has 1 unspecified atom stereocenters. The van der Waals surface area contributed by atoms with E-state index in [2.05, 4.69) is 47.8 Å². The highest BCUT2D eigenvalue weighted by atomic mass is 15.3.